The second kappa shape index (κ2) is 5.43. The van der Waals surface area contributed by atoms with Crippen LogP contribution in [0.1, 0.15) is 11.1 Å². The molecule has 0 saturated carbocycles. The number of ether oxygens (including phenoxy) is 1. The molecule has 2 aromatic carbocycles. The lowest BCUT2D eigenvalue weighted by Gasteiger charge is -2.06. The van der Waals surface area contributed by atoms with Crippen LogP contribution in [0.2, 0.25) is 0 Å². The molecule has 0 aliphatic rings. The molecule has 3 heteroatoms. The number of alkyl halides is 2. The fourth-order valence-electron chi connectivity index (χ4n) is 1.43. The predicted octanol–water partition coefficient (Wildman–Crippen LogP) is 4.42. The van der Waals surface area contributed by atoms with E-state index < -0.39 is 13.3 Å². The average Bonchev–Trinajstić information content (AvgIpc) is 2.40. The minimum Gasteiger partial charge on any atom is -0.457 e. The predicted molar refractivity (Wildman–Crippen MR) is 62.6 cm³/mol. The van der Waals surface area contributed by atoms with Gasteiger partial charge in [-0.1, -0.05) is 24.3 Å². The molecule has 0 aliphatic carbocycles. The maximum Gasteiger partial charge on any atom is 0.127 e. The average molecular weight is 234 g/mol. The Morgan fingerprint density at radius 1 is 0.647 bits per heavy atom. The molecule has 0 aliphatic heterocycles. The van der Waals surface area contributed by atoms with Crippen molar-refractivity contribution < 1.29 is 13.5 Å². The normalized spacial score (nSPS) is 10.2. The summed E-state index contributed by atoms with van der Waals surface area (Å²) < 4.78 is 30.1. The Morgan fingerprint density at radius 2 is 1.00 bits per heavy atom. The second-order valence-electron chi connectivity index (χ2n) is 3.66. The number of hydrogen-bond donors (Lipinski definition) is 0. The first kappa shape index (κ1) is 11.6. The van der Waals surface area contributed by atoms with E-state index in [-0.39, 0.29) is 0 Å². The van der Waals surface area contributed by atoms with Gasteiger partial charge in [0.15, 0.2) is 0 Å². The molecule has 0 N–H and O–H groups in total. The molecule has 0 saturated heterocycles. The fourth-order valence-corrected chi connectivity index (χ4v) is 1.43. The summed E-state index contributed by atoms with van der Waals surface area (Å²) in [7, 11) is 0. The van der Waals surface area contributed by atoms with Crippen LogP contribution in [-0.4, -0.2) is 0 Å². The standard InChI is InChI=1S/C14H12F2O/c15-9-11-1-5-13(6-2-11)17-14-7-3-12(10-16)4-8-14/h1-8H,9-10H2. The number of halogens is 2. The van der Waals surface area contributed by atoms with Gasteiger partial charge in [0.25, 0.3) is 0 Å². The molecule has 0 spiro atoms. The largest absolute Gasteiger partial charge is 0.457 e. The van der Waals surface area contributed by atoms with E-state index >= 15 is 0 Å². The van der Waals surface area contributed by atoms with Crippen molar-refractivity contribution >= 4 is 0 Å². The van der Waals surface area contributed by atoms with Crippen molar-refractivity contribution in [1.29, 1.82) is 0 Å². The SMILES string of the molecule is FCc1ccc(Oc2ccc(CF)cc2)cc1. The summed E-state index contributed by atoms with van der Waals surface area (Å²) in [4.78, 5) is 0. The Labute approximate surface area is 98.7 Å². The lowest BCUT2D eigenvalue weighted by molar-refractivity contribution is 0.472. The van der Waals surface area contributed by atoms with Gasteiger partial charge < -0.3 is 4.74 Å². The highest BCUT2D eigenvalue weighted by molar-refractivity contribution is 5.34. The molecule has 0 heterocycles. The maximum absolute atomic E-state index is 12.3. The van der Waals surface area contributed by atoms with E-state index in [4.69, 9.17) is 4.74 Å². The van der Waals surface area contributed by atoms with Crippen LogP contribution in [0.5, 0.6) is 11.5 Å². The topological polar surface area (TPSA) is 9.23 Å². The summed E-state index contributed by atoms with van der Waals surface area (Å²) in [6, 6.07) is 13.5. The zero-order valence-electron chi connectivity index (χ0n) is 9.20. The molecule has 1 nitrogen and oxygen atoms in total. The zero-order chi connectivity index (χ0) is 12.1. The Balaban J connectivity index is 2.08. The summed E-state index contributed by atoms with van der Waals surface area (Å²) >= 11 is 0. The van der Waals surface area contributed by atoms with Gasteiger partial charge in [-0.25, -0.2) is 8.78 Å². The van der Waals surface area contributed by atoms with Gasteiger partial charge in [-0.15, -0.1) is 0 Å². The molecule has 0 fully saturated rings. The van der Waals surface area contributed by atoms with E-state index in [1.807, 2.05) is 0 Å². The summed E-state index contributed by atoms with van der Waals surface area (Å²) in [5.74, 6) is 1.27. The third-order valence-electron chi connectivity index (χ3n) is 2.39. The van der Waals surface area contributed by atoms with Crippen LogP contribution in [0, 0.1) is 0 Å². The molecular formula is C14H12F2O. The van der Waals surface area contributed by atoms with Crippen LogP contribution in [0.3, 0.4) is 0 Å². The molecular weight excluding hydrogens is 222 g/mol. The molecule has 0 radical (unpaired) electrons. The summed E-state index contributed by atoms with van der Waals surface area (Å²) in [5, 5.41) is 0. The van der Waals surface area contributed by atoms with Crippen LogP contribution in [0.25, 0.3) is 0 Å². The van der Waals surface area contributed by atoms with Gasteiger partial charge in [-0.2, -0.15) is 0 Å². The molecule has 2 aromatic rings. The Morgan fingerprint density at radius 3 is 1.29 bits per heavy atom. The van der Waals surface area contributed by atoms with Crippen LogP contribution in [0.4, 0.5) is 8.78 Å². The first-order chi connectivity index (χ1) is 8.31. The van der Waals surface area contributed by atoms with Gasteiger partial charge in [0.1, 0.15) is 24.8 Å². The van der Waals surface area contributed by atoms with E-state index in [0.29, 0.717) is 22.6 Å². The zero-order valence-corrected chi connectivity index (χ0v) is 9.20. The van der Waals surface area contributed by atoms with E-state index in [9.17, 15) is 8.78 Å². The monoisotopic (exact) mass is 234 g/mol. The van der Waals surface area contributed by atoms with Crippen LogP contribution < -0.4 is 4.74 Å². The summed E-state index contributed by atoms with van der Waals surface area (Å²) in [6.45, 7) is -0.961. The van der Waals surface area contributed by atoms with E-state index in [1.54, 1.807) is 48.5 Å². The van der Waals surface area contributed by atoms with Gasteiger partial charge >= 0.3 is 0 Å². The summed E-state index contributed by atoms with van der Waals surface area (Å²) in [5.41, 5.74) is 1.23. The highest BCUT2D eigenvalue weighted by Crippen LogP contribution is 2.22. The van der Waals surface area contributed by atoms with E-state index in [0.717, 1.165) is 0 Å². The highest BCUT2D eigenvalue weighted by Gasteiger charge is 1.98. The van der Waals surface area contributed by atoms with Gasteiger partial charge in [0, 0.05) is 0 Å². The molecule has 0 unspecified atom stereocenters. The molecule has 17 heavy (non-hydrogen) atoms. The Hall–Kier alpha value is -1.90. The van der Waals surface area contributed by atoms with Crippen LogP contribution >= 0.6 is 0 Å². The second-order valence-corrected chi connectivity index (χ2v) is 3.66. The van der Waals surface area contributed by atoms with Crippen LogP contribution in [0.15, 0.2) is 48.5 Å². The first-order valence-corrected chi connectivity index (χ1v) is 5.29. The quantitative estimate of drug-likeness (QED) is 0.761. The Kier molecular flexibility index (Phi) is 3.70. The minimum absolute atomic E-state index is 0.481. The van der Waals surface area contributed by atoms with Crippen molar-refractivity contribution in [1.82, 2.24) is 0 Å². The number of hydrogen-bond acceptors (Lipinski definition) is 1. The molecule has 0 bridgehead atoms. The Bertz CT molecular complexity index is 417. The first-order valence-electron chi connectivity index (χ1n) is 5.29. The van der Waals surface area contributed by atoms with Gasteiger partial charge in [-0.05, 0) is 35.4 Å². The van der Waals surface area contributed by atoms with Crippen molar-refractivity contribution in [2.24, 2.45) is 0 Å². The van der Waals surface area contributed by atoms with Crippen LogP contribution in [-0.2, 0) is 13.3 Å². The van der Waals surface area contributed by atoms with E-state index in [2.05, 4.69) is 0 Å². The highest BCUT2D eigenvalue weighted by atomic mass is 19.1. The lowest BCUT2D eigenvalue weighted by atomic mass is 10.2. The third-order valence-corrected chi connectivity index (χ3v) is 2.39. The van der Waals surface area contributed by atoms with Crippen molar-refractivity contribution in [3.05, 3.63) is 59.7 Å². The van der Waals surface area contributed by atoms with Gasteiger partial charge in [-0.3, -0.25) is 0 Å². The van der Waals surface area contributed by atoms with Gasteiger partial charge in [0.2, 0.25) is 0 Å². The van der Waals surface area contributed by atoms with Crippen molar-refractivity contribution in [3.8, 4) is 11.5 Å². The molecule has 0 atom stereocenters. The lowest BCUT2D eigenvalue weighted by Crippen LogP contribution is -1.86. The smallest absolute Gasteiger partial charge is 0.127 e. The number of benzene rings is 2. The molecule has 2 rings (SSSR count). The molecule has 0 aromatic heterocycles. The fraction of sp³-hybridized carbons (Fsp3) is 0.143. The molecule has 0 amide bonds. The summed E-state index contributed by atoms with van der Waals surface area (Å²) in [6.07, 6.45) is 0. The maximum atomic E-state index is 12.3. The van der Waals surface area contributed by atoms with Gasteiger partial charge in [0.05, 0.1) is 0 Å². The van der Waals surface area contributed by atoms with Crippen molar-refractivity contribution in [3.63, 3.8) is 0 Å². The van der Waals surface area contributed by atoms with E-state index in [1.165, 1.54) is 0 Å². The molecule has 88 valence electrons. The number of rotatable bonds is 4. The van der Waals surface area contributed by atoms with Crippen molar-refractivity contribution in [2.45, 2.75) is 13.3 Å². The third kappa shape index (κ3) is 3.03. The minimum atomic E-state index is -0.481. The van der Waals surface area contributed by atoms with Crippen molar-refractivity contribution in [2.75, 3.05) is 0 Å².